The second kappa shape index (κ2) is 5.62. The number of nitrogens with two attached hydrogens (primary N) is 1. The van der Waals surface area contributed by atoms with Crippen molar-refractivity contribution in [2.24, 2.45) is 0 Å². The number of anilines is 1. The Morgan fingerprint density at radius 2 is 2.11 bits per heavy atom. The van der Waals surface area contributed by atoms with E-state index in [0.717, 1.165) is 0 Å². The lowest BCUT2D eigenvalue weighted by Crippen LogP contribution is -2.35. The van der Waals surface area contributed by atoms with E-state index in [1.165, 1.54) is 25.2 Å². The molecule has 0 aliphatic heterocycles. The Bertz CT molecular complexity index is 501. The molecular formula is C10H12N4O4. The molecule has 8 nitrogen and oxygen atoms in total. The van der Waals surface area contributed by atoms with Crippen LogP contribution in [-0.4, -0.2) is 30.3 Å². The van der Waals surface area contributed by atoms with Crippen LogP contribution in [0.1, 0.15) is 10.4 Å². The summed E-state index contributed by atoms with van der Waals surface area (Å²) in [6.45, 7) is -0.225. The molecule has 0 heterocycles. The Labute approximate surface area is 102 Å². The fraction of sp³-hybridized carbons (Fsp3) is 0.200. The largest absolute Gasteiger partial charge is 0.393 e. The predicted octanol–water partition coefficient (Wildman–Crippen LogP) is -0.347. The summed E-state index contributed by atoms with van der Waals surface area (Å²) < 4.78 is 0. The van der Waals surface area contributed by atoms with E-state index in [0.29, 0.717) is 0 Å². The van der Waals surface area contributed by atoms with E-state index in [-0.39, 0.29) is 29.4 Å². The molecular weight excluding hydrogens is 240 g/mol. The van der Waals surface area contributed by atoms with Crippen LogP contribution < -0.4 is 16.4 Å². The van der Waals surface area contributed by atoms with Crippen molar-refractivity contribution >= 4 is 23.2 Å². The molecule has 8 heteroatoms. The molecule has 0 aliphatic rings. The molecule has 1 rings (SSSR count). The molecule has 0 spiro atoms. The highest BCUT2D eigenvalue weighted by atomic mass is 16.6. The lowest BCUT2D eigenvalue weighted by atomic mass is 10.1. The van der Waals surface area contributed by atoms with E-state index in [4.69, 9.17) is 5.73 Å². The van der Waals surface area contributed by atoms with Gasteiger partial charge in [0.25, 0.3) is 11.6 Å². The van der Waals surface area contributed by atoms with Gasteiger partial charge in [0.1, 0.15) is 5.69 Å². The number of carbonyl (C=O) groups is 2. The van der Waals surface area contributed by atoms with Crippen molar-refractivity contribution in [3.8, 4) is 0 Å². The highest BCUT2D eigenvalue weighted by molar-refractivity contribution is 6.02. The molecule has 0 fully saturated rings. The molecule has 0 aromatic heterocycles. The maximum atomic E-state index is 11.7. The number of nitro groups is 1. The second-order valence-corrected chi connectivity index (χ2v) is 3.35. The van der Waals surface area contributed by atoms with E-state index < -0.39 is 10.8 Å². The van der Waals surface area contributed by atoms with Crippen molar-refractivity contribution in [1.82, 2.24) is 10.6 Å². The highest BCUT2D eigenvalue weighted by Crippen LogP contribution is 2.24. The normalized spacial score (nSPS) is 9.61. The van der Waals surface area contributed by atoms with Gasteiger partial charge in [-0.2, -0.15) is 0 Å². The van der Waals surface area contributed by atoms with Gasteiger partial charge in [-0.15, -0.1) is 0 Å². The molecule has 0 aliphatic carbocycles. The SMILES string of the molecule is CNC(=O)CNC(=O)c1cccc([N+](=O)[O-])c1N. The Balaban J connectivity index is 2.90. The van der Waals surface area contributed by atoms with Crippen LogP contribution in [0.15, 0.2) is 18.2 Å². The van der Waals surface area contributed by atoms with E-state index in [1.54, 1.807) is 0 Å². The topological polar surface area (TPSA) is 127 Å². The number of nitrogens with zero attached hydrogens (tertiary/aromatic N) is 1. The minimum atomic E-state index is -0.676. The van der Waals surface area contributed by atoms with Crippen LogP contribution in [0.2, 0.25) is 0 Å². The molecule has 0 bridgehead atoms. The third-order valence-electron chi connectivity index (χ3n) is 2.21. The van der Waals surface area contributed by atoms with Crippen LogP contribution in [0.4, 0.5) is 11.4 Å². The van der Waals surface area contributed by atoms with Crippen molar-refractivity contribution in [3.05, 3.63) is 33.9 Å². The number of nitro benzene ring substituents is 1. The van der Waals surface area contributed by atoms with E-state index in [9.17, 15) is 19.7 Å². The highest BCUT2D eigenvalue weighted by Gasteiger charge is 2.18. The number of benzene rings is 1. The second-order valence-electron chi connectivity index (χ2n) is 3.35. The monoisotopic (exact) mass is 252 g/mol. The molecule has 0 saturated carbocycles. The fourth-order valence-corrected chi connectivity index (χ4v) is 1.25. The number of hydrogen-bond acceptors (Lipinski definition) is 5. The summed E-state index contributed by atoms with van der Waals surface area (Å²) in [6, 6.07) is 3.90. The van der Waals surface area contributed by atoms with Gasteiger partial charge >= 0.3 is 0 Å². The number of para-hydroxylation sites is 1. The molecule has 0 saturated heterocycles. The van der Waals surface area contributed by atoms with Gasteiger partial charge in [0.2, 0.25) is 5.91 Å². The van der Waals surface area contributed by atoms with Gasteiger partial charge in [-0.25, -0.2) is 0 Å². The van der Waals surface area contributed by atoms with Crippen molar-refractivity contribution in [2.45, 2.75) is 0 Å². The number of nitrogen functional groups attached to an aromatic ring is 1. The van der Waals surface area contributed by atoms with E-state index in [1.807, 2.05) is 0 Å². The minimum Gasteiger partial charge on any atom is -0.393 e. The van der Waals surface area contributed by atoms with Gasteiger partial charge in [-0.05, 0) is 6.07 Å². The summed E-state index contributed by atoms with van der Waals surface area (Å²) in [4.78, 5) is 32.6. The Hall–Kier alpha value is -2.64. The number of amides is 2. The zero-order valence-corrected chi connectivity index (χ0v) is 9.60. The van der Waals surface area contributed by atoms with Crippen LogP contribution in [0.5, 0.6) is 0 Å². The number of likely N-dealkylation sites (N-methyl/N-ethyl adjacent to an activating group) is 1. The lowest BCUT2D eigenvalue weighted by molar-refractivity contribution is -0.383. The molecule has 2 amide bonds. The van der Waals surface area contributed by atoms with Gasteiger partial charge < -0.3 is 16.4 Å². The van der Waals surface area contributed by atoms with Crippen LogP contribution >= 0.6 is 0 Å². The van der Waals surface area contributed by atoms with E-state index in [2.05, 4.69) is 10.6 Å². The molecule has 0 radical (unpaired) electrons. The first-order valence-corrected chi connectivity index (χ1v) is 4.99. The minimum absolute atomic E-state index is 0.0342. The summed E-state index contributed by atoms with van der Waals surface area (Å²) >= 11 is 0. The Morgan fingerprint density at radius 3 is 2.67 bits per heavy atom. The van der Waals surface area contributed by atoms with E-state index >= 15 is 0 Å². The third kappa shape index (κ3) is 2.94. The summed E-state index contributed by atoms with van der Waals surface area (Å²) in [6.07, 6.45) is 0. The number of hydrogen-bond donors (Lipinski definition) is 3. The summed E-state index contributed by atoms with van der Waals surface area (Å²) in [5, 5.41) is 15.3. The molecule has 0 unspecified atom stereocenters. The lowest BCUT2D eigenvalue weighted by Gasteiger charge is -2.06. The van der Waals surface area contributed by atoms with Crippen LogP contribution in [0.25, 0.3) is 0 Å². The fourth-order valence-electron chi connectivity index (χ4n) is 1.25. The summed E-state index contributed by atoms with van der Waals surface area (Å²) in [5.41, 5.74) is 4.92. The first-order valence-electron chi connectivity index (χ1n) is 4.99. The standard InChI is InChI=1S/C10H12N4O4/c1-12-8(15)5-13-10(16)6-3-2-4-7(9(6)11)14(17)18/h2-4H,5,11H2,1H3,(H,12,15)(H,13,16). The smallest absolute Gasteiger partial charge is 0.292 e. The summed E-state index contributed by atoms with van der Waals surface area (Å²) in [5.74, 6) is -1.02. The first kappa shape index (κ1) is 13.4. The Morgan fingerprint density at radius 1 is 1.44 bits per heavy atom. The molecule has 4 N–H and O–H groups in total. The van der Waals surface area contributed by atoms with Crippen LogP contribution in [-0.2, 0) is 4.79 Å². The van der Waals surface area contributed by atoms with Crippen LogP contribution in [0.3, 0.4) is 0 Å². The van der Waals surface area contributed by atoms with Gasteiger partial charge in [0.15, 0.2) is 0 Å². The maximum Gasteiger partial charge on any atom is 0.292 e. The average molecular weight is 252 g/mol. The van der Waals surface area contributed by atoms with Crippen LogP contribution in [0, 0.1) is 10.1 Å². The Kier molecular flexibility index (Phi) is 4.19. The zero-order chi connectivity index (χ0) is 13.7. The quantitative estimate of drug-likeness (QED) is 0.383. The predicted molar refractivity (Wildman–Crippen MR) is 63.9 cm³/mol. The molecule has 1 aromatic carbocycles. The van der Waals surface area contributed by atoms with Gasteiger partial charge in [-0.1, -0.05) is 6.07 Å². The maximum absolute atomic E-state index is 11.7. The molecule has 0 atom stereocenters. The van der Waals surface area contributed by atoms with Crippen molar-refractivity contribution in [2.75, 3.05) is 19.3 Å². The summed E-state index contributed by atoms with van der Waals surface area (Å²) in [7, 11) is 1.43. The molecule has 18 heavy (non-hydrogen) atoms. The number of carbonyl (C=O) groups excluding carboxylic acids is 2. The van der Waals surface area contributed by atoms with Crippen molar-refractivity contribution < 1.29 is 14.5 Å². The third-order valence-corrected chi connectivity index (χ3v) is 2.21. The first-order chi connectivity index (χ1) is 8.47. The van der Waals surface area contributed by atoms with Gasteiger partial charge in [-0.3, -0.25) is 19.7 Å². The molecule has 1 aromatic rings. The van der Waals surface area contributed by atoms with Crippen molar-refractivity contribution in [3.63, 3.8) is 0 Å². The van der Waals surface area contributed by atoms with Gasteiger partial charge in [0, 0.05) is 13.1 Å². The zero-order valence-electron chi connectivity index (χ0n) is 9.60. The number of nitrogens with one attached hydrogen (secondary N) is 2. The average Bonchev–Trinajstić information content (AvgIpc) is 2.35. The van der Waals surface area contributed by atoms with Crippen molar-refractivity contribution in [1.29, 1.82) is 0 Å². The molecule has 96 valence electrons. The van der Waals surface area contributed by atoms with Gasteiger partial charge in [0.05, 0.1) is 17.0 Å². The number of rotatable bonds is 4.